The maximum absolute atomic E-state index is 11.6. The molecule has 0 heterocycles. The maximum Gasteiger partial charge on any atom is 0.313 e. The molecule has 2 aliphatic rings. The van der Waals surface area contributed by atoms with E-state index < -0.39 is 0 Å². The van der Waals surface area contributed by atoms with Gasteiger partial charge >= 0.3 is 5.97 Å². The Balaban J connectivity index is 2.06. The Bertz CT molecular complexity index is 358. The van der Waals surface area contributed by atoms with Gasteiger partial charge in [-0.05, 0) is 37.5 Å². The fourth-order valence-corrected chi connectivity index (χ4v) is 3.71. The Labute approximate surface area is 103 Å². The van der Waals surface area contributed by atoms with Gasteiger partial charge in [0.2, 0.25) is 0 Å². The zero-order valence-electron chi connectivity index (χ0n) is 11.2. The number of rotatable bonds is 3. The molecule has 2 saturated carbocycles. The van der Waals surface area contributed by atoms with Crippen LogP contribution in [0.15, 0.2) is 0 Å². The zero-order valence-corrected chi connectivity index (χ0v) is 11.2. The van der Waals surface area contributed by atoms with Gasteiger partial charge in [0.15, 0.2) is 0 Å². The van der Waals surface area contributed by atoms with E-state index in [0.717, 1.165) is 12.8 Å². The van der Waals surface area contributed by atoms with Gasteiger partial charge in [-0.2, -0.15) is 0 Å². The van der Waals surface area contributed by atoms with Crippen molar-refractivity contribution in [1.82, 2.24) is 0 Å². The molecule has 2 aliphatic carbocycles. The largest absolute Gasteiger partial charge is 0.461 e. The highest BCUT2D eigenvalue weighted by Gasteiger charge is 2.62. The summed E-state index contributed by atoms with van der Waals surface area (Å²) in [6.07, 6.45) is 3.25. The summed E-state index contributed by atoms with van der Waals surface area (Å²) >= 11 is 0. The molecule has 0 aromatic rings. The van der Waals surface area contributed by atoms with Gasteiger partial charge in [0.05, 0.1) is 0 Å². The lowest BCUT2D eigenvalue weighted by Crippen LogP contribution is -2.38. The first-order valence-electron chi connectivity index (χ1n) is 6.46. The summed E-state index contributed by atoms with van der Waals surface area (Å²) in [4.78, 5) is 22.5. The standard InChI is InChI=1S/C14H22O3/c1-9(15)7-12(16)17-11-8-10-5-6-14(11,4)13(10,2)3/h10-11H,5-8H2,1-4H3/t10-,11-,14+/m1/s1. The summed E-state index contributed by atoms with van der Waals surface area (Å²) < 4.78 is 5.53. The highest BCUT2D eigenvalue weighted by atomic mass is 16.5. The lowest BCUT2D eigenvalue weighted by molar-refractivity contribution is -0.157. The van der Waals surface area contributed by atoms with E-state index in [9.17, 15) is 9.59 Å². The van der Waals surface area contributed by atoms with Gasteiger partial charge in [0.25, 0.3) is 0 Å². The van der Waals surface area contributed by atoms with E-state index in [1.165, 1.54) is 13.3 Å². The Hall–Kier alpha value is -0.860. The molecule has 0 N–H and O–H groups in total. The Morgan fingerprint density at radius 1 is 1.29 bits per heavy atom. The molecule has 0 saturated heterocycles. The van der Waals surface area contributed by atoms with E-state index in [4.69, 9.17) is 4.74 Å². The normalized spacial score (nSPS) is 38.1. The predicted molar refractivity (Wildman–Crippen MR) is 64.4 cm³/mol. The molecule has 3 atom stereocenters. The lowest BCUT2D eigenvalue weighted by atomic mass is 9.70. The number of Topliss-reactive ketones (excluding diaryl/α,β-unsaturated/α-hetero) is 1. The van der Waals surface area contributed by atoms with Gasteiger partial charge in [-0.25, -0.2) is 0 Å². The lowest BCUT2D eigenvalue weighted by Gasteiger charge is -2.38. The Morgan fingerprint density at radius 2 is 1.94 bits per heavy atom. The number of esters is 1. The molecular weight excluding hydrogens is 216 g/mol. The van der Waals surface area contributed by atoms with Crippen LogP contribution in [0.2, 0.25) is 0 Å². The molecule has 0 amide bonds. The fourth-order valence-electron chi connectivity index (χ4n) is 3.71. The van der Waals surface area contributed by atoms with Crippen molar-refractivity contribution < 1.29 is 14.3 Å². The minimum atomic E-state index is -0.355. The monoisotopic (exact) mass is 238 g/mol. The third-order valence-corrected chi connectivity index (χ3v) is 5.38. The van der Waals surface area contributed by atoms with Gasteiger partial charge in [0.1, 0.15) is 18.3 Å². The maximum atomic E-state index is 11.6. The number of fused-ring (bicyclic) bond motifs is 2. The van der Waals surface area contributed by atoms with E-state index in [1.807, 2.05) is 0 Å². The van der Waals surface area contributed by atoms with Crippen molar-refractivity contribution in [2.24, 2.45) is 16.7 Å². The van der Waals surface area contributed by atoms with Gasteiger partial charge in [-0.1, -0.05) is 20.8 Å². The highest BCUT2D eigenvalue weighted by Crippen LogP contribution is 2.66. The number of hydrogen-bond acceptors (Lipinski definition) is 3. The molecule has 3 nitrogen and oxygen atoms in total. The molecule has 17 heavy (non-hydrogen) atoms. The van der Waals surface area contributed by atoms with Gasteiger partial charge in [-0.15, -0.1) is 0 Å². The molecule has 0 aromatic heterocycles. The van der Waals surface area contributed by atoms with Crippen LogP contribution >= 0.6 is 0 Å². The van der Waals surface area contributed by atoms with E-state index in [1.54, 1.807) is 0 Å². The van der Waals surface area contributed by atoms with Crippen LogP contribution < -0.4 is 0 Å². The number of carbonyl (C=O) groups excluding carboxylic acids is 2. The second-order valence-corrected chi connectivity index (χ2v) is 6.47. The average molecular weight is 238 g/mol. The molecule has 0 radical (unpaired) electrons. The minimum absolute atomic E-state index is 0.00287. The highest BCUT2D eigenvalue weighted by molar-refractivity contribution is 5.94. The van der Waals surface area contributed by atoms with Crippen molar-refractivity contribution in [2.75, 3.05) is 0 Å². The van der Waals surface area contributed by atoms with Crippen LogP contribution in [0.3, 0.4) is 0 Å². The van der Waals surface area contributed by atoms with Crippen molar-refractivity contribution in [2.45, 2.75) is 59.5 Å². The molecule has 2 fully saturated rings. The van der Waals surface area contributed by atoms with Crippen LogP contribution in [-0.4, -0.2) is 17.9 Å². The number of hydrogen-bond donors (Lipinski definition) is 0. The Kier molecular flexibility index (Phi) is 2.83. The van der Waals surface area contributed by atoms with E-state index in [2.05, 4.69) is 20.8 Å². The smallest absolute Gasteiger partial charge is 0.313 e. The summed E-state index contributed by atoms with van der Waals surface area (Å²) in [7, 11) is 0. The molecule has 0 spiro atoms. The summed E-state index contributed by atoms with van der Waals surface area (Å²) in [5.74, 6) is 0.178. The fraction of sp³-hybridized carbons (Fsp3) is 0.857. The van der Waals surface area contributed by atoms with Crippen molar-refractivity contribution in [1.29, 1.82) is 0 Å². The van der Waals surface area contributed by atoms with Gasteiger partial charge in [-0.3, -0.25) is 9.59 Å². The van der Waals surface area contributed by atoms with Crippen molar-refractivity contribution >= 4 is 11.8 Å². The number of carbonyl (C=O) groups is 2. The van der Waals surface area contributed by atoms with Crippen LogP contribution in [0.1, 0.15) is 53.4 Å². The number of ether oxygens (including phenoxy) is 1. The topological polar surface area (TPSA) is 43.4 Å². The van der Waals surface area contributed by atoms with E-state index in [0.29, 0.717) is 5.92 Å². The molecule has 2 rings (SSSR count). The predicted octanol–water partition coefficient (Wildman–Crippen LogP) is 2.72. The summed E-state index contributed by atoms with van der Waals surface area (Å²) in [5.41, 5.74) is 0.332. The molecule has 0 aromatic carbocycles. The second kappa shape index (κ2) is 3.82. The molecular formula is C14H22O3. The summed E-state index contributed by atoms with van der Waals surface area (Å²) in [6, 6.07) is 0. The van der Waals surface area contributed by atoms with Crippen molar-refractivity contribution in [3.05, 3.63) is 0 Å². The van der Waals surface area contributed by atoms with Crippen molar-refractivity contribution in [3.63, 3.8) is 0 Å². The average Bonchev–Trinajstić information content (AvgIpc) is 2.49. The van der Waals surface area contributed by atoms with Crippen LogP contribution in [0, 0.1) is 16.7 Å². The molecule has 3 heteroatoms. The second-order valence-electron chi connectivity index (χ2n) is 6.47. The summed E-state index contributed by atoms with van der Waals surface area (Å²) in [5, 5.41) is 0. The third kappa shape index (κ3) is 1.80. The Morgan fingerprint density at radius 3 is 2.35 bits per heavy atom. The van der Waals surface area contributed by atoms with Gasteiger partial charge in [0, 0.05) is 5.41 Å². The van der Waals surface area contributed by atoms with Crippen LogP contribution in [-0.2, 0) is 14.3 Å². The first-order chi connectivity index (χ1) is 7.77. The summed E-state index contributed by atoms with van der Waals surface area (Å²) in [6.45, 7) is 8.21. The number of ketones is 1. The van der Waals surface area contributed by atoms with Crippen LogP contribution in [0.5, 0.6) is 0 Å². The zero-order chi connectivity index (χ0) is 12.8. The molecule has 0 aliphatic heterocycles. The quantitative estimate of drug-likeness (QED) is 0.561. The SMILES string of the molecule is CC(=O)CC(=O)O[C@@H]1C[C@H]2CC[C@]1(C)C2(C)C. The first kappa shape index (κ1) is 12.6. The van der Waals surface area contributed by atoms with Crippen LogP contribution in [0.25, 0.3) is 0 Å². The first-order valence-corrected chi connectivity index (χ1v) is 6.46. The van der Waals surface area contributed by atoms with Crippen molar-refractivity contribution in [3.8, 4) is 0 Å². The minimum Gasteiger partial charge on any atom is -0.461 e. The van der Waals surface area contributed by atoms with E-state index >= 15 is 0 Å². The molecule has 2 bridgehead atoms. The molecule has 0 unspecified atom stereocenters. The van der Waals surface area contributed by atoms with Gasteiger partial charge < -0.3 is 4.74 Å². The molecule has 96 valence electrons. The van der Waals surface area contributed by atoms with E-state index in [-0.39, 0.29) is 35.1 Å². The van der Waals surface area contributed by atoms with Crippen LogP contribution in [0.4, 0.5) is 0 Å². The third-order valence-electron chi connectivity index (χ3n) is 5.38.